The minimum Gasteiger partial charge on any atom is -0.339 e. The van der Waals surface area contributed by atoms with Gasteiger partial charge in [0.1, 0.15) is 4.21 Å². The van der Waals surface area contributed by atoms with Crippen molar-refractivity contribution in [3.63, 3.8) is 0 Å². The number of carbonyl (C=O) groups is 1. The summed E-state index contributed by atoms with van der Waals surface area (Å²) in [6.07, 6.45) is 1.30. The highest BCUT2D eigenvalue weighted by molar-refractivity contribution is 7.91. The normalized spacial score (nSPS) is 17.6. The Hall–Kier alpha value is -2.56. The Morgan fingerprint density at radius 3 is 2.68 bits per heavy atom. The van der Waals surface area contributed by atoms with E-state index in [2.05, 4.69) is 10.1 Å². The SMILES string of the molecule is Cc1ccc(N(C)C(=O)[C@H]2CCCN(S(=O)(=O)c3cc(-c4noc(C)n4)cs3)C2)cc1. The molecule has 0 N–H and O–H groups in total. The Morgan fingerprint density at radius 1 is 1.26 bits per heavy atom. The smallest absolute Gasteiger partial charge is 0.252 e. The topological polar surface area (TPSA) is 96.6 Å². The highest BCUT2D eigenvalue weighted by Crippen LogP contribution is 2.32. The van der Waals surface area contributed by atoms with Gasteiger partial charge in [-0.05, 0) is 38.0 Å². The first-order valence-electron chi connectivity index (χ1n) is 9.99. The molecule has 0 radical (unpaired) electrons. The van der Waals surface area contributed by atoms with Crippen LogP contribution in [0.4, 0.5) is 5.69 Å². The Bertz CT molecular complexity index is 1180. The second-order valence-corrected chi connectivity index (χ2v) is 10.8. The number of hydrogen-bond acceptors (Lipinski definition) is 7. The van der Waals surface area contributed by atoms with E-state index in [1.165, 1.54) is 4.31 Å². The fraction of sp³-hybridized carbons (Fsp3) is 0.381. The first-order chi connectivity index (χ1) is 14.8. The molecule has 0 saturated carbocycles. The Kier molecular flexibility index (Phi) is 5.96. The Morgan fingerprint density at radius 2 is 2.00 bits per heavy atom. The lowest BCUT2D eigenvalue weighted by atomic mass is 9.98. The average molecular weight is 461 g/mol. The third-order valence-electron chi connectivity index (χ3n) is 5.44. The molecular weight excluding hydrogens is 436 g/mol. The van der Waals surface area contributed by atoms with E-state index < -0.39 is 10.0 Å². The number of benzene rings is 1. The van der Waals surface area contributed by atoms with E-state index in [4.69, 9.17) is 4.52 Å². The van der Waals surface area contributed by atoms with Gasteiger partial charge in [-0.3, -0.25) is 4.79 Å². The predicted octanol–water partition coefficient (Wildman–Crippen LogP) is 3.48. The fourth-order valence-electron chi connectivity index (χ4n) is 3.64. The summed E-state index contributed by atoms with van der Waals surface area (Å²) < 4.78 is 33.1. The second kappa shape index (κ2) is 8.52. The molecule has 0 unspecified atom stereocenters. The molecule has 1 amide bonds. The third-order valence-corrected chi connectivity index (χ3v) is 8.72. The number of carbonyl (C=O) groups excluding carboxylic acids is 1. The lowest BCUT2D eigenvalue weighted by Gasteiger charge is -2.33. The molecule has 8 nitrogen and oxygen atoms in total. The van der Waals surface area contributed by atoms with Gasteiger partial charge < -0.3 is 9.42 Å². The van der Waals surface area contributed by atoms with Gasteiger partial charge in [0.2, 0.25) is 17.6 Å². The van der Waals surface area contributed by atoms with Crippen molar-refractivity contribution >= 4 is 33.0 Å². The minimum absolute atomic E-state index is 0.0714. The largest absolute Gasteiger partial charge is 0.339 e. The third kappa shape index (κ3) is 4.41. The summed E-state index contributed by atoms with van der Waals surface area (Å²) in [6.45, 7) is 4.24. The van der Waals surface area contributed by atoms with Gasteiger partial charge >= 0.3 is 0 Å². The van der Waals surface area contributed by atoms with Crippen molar-refractivity contribution < 1.29 is 17.7 Å². The van der Waals surface area contributed by atoms with E-state index in [0.29, 0.717) is 36.7 Å². The maximum Gasteiger partial charge on any atom is 0.252 e. The van der Waals surface area contributed by atoms with Gasteiger partial charge in [-0.25, -0.2) is 8.42 Å². The minimum atomic E-state index is -3.71. The molecule has 1 aromatic carbocycles. The average Bonchev–Trinajstić information content (AvgIpc) is 3.43. The van der Waals surface area contributed by atoms with Gasteiger partial charge in [0, 0.05) is 43.7 Å². The van der Waals surface area contributed by atoms with Crippen LogP contribution in [0, 0.1) is 19.8 Å². The molecule has 1 aliphatic rings. The van der Waals surface area contributed by atoms with Gasteiger partial charge in [-0.1, -0.05) is 22.9 Å². The first kappa shape index (κ1) is 21.7. The molecule has 4 rings (SSSR count). The summed E-state index contributed by atoms with van der Waals surface area (Å²) in [4.78, 5) is 18.8. The molecule has 164 valence electrons. The number of thiophene rings is 1. The second-order valence-electron chi connectivity index (χ2n) is 7.73. The van der Waals surface area contributed by atoms with Crippen LogP contribution in [0.1, 0.15) is 24.3 Å². The van der Waals surface area contributed by atoms with Crippen LogP contribution in [0.5, 0.6) is 0 Å². The highest BCUT2D eigenvalue weighted by Gasteiger charge is 2.35. The van der Waals surface area contributed by atoms with Crippen LogP contribution >= 0.6 is 11.3 Å². The molecule has 1 fully saturated rings. The van der Waals surface area contributed by atoms with Crippen molar-refractivity contribution in [3.05, 3.63) is 47.2 Å². The van der Waals surface area contributed by atoms with Crippen molar-refractivity contribution in [3.8, 4) is 11.4 Å². The van der Waals surface area contributed by atoms with Gasteiger partial charge in [0.15, 0.2) is 0 Å². The molecule has 10 heteroatoms. The van der Waals surface area contributed by atoms with E-state index in [1.54, 1.807) is 30.3 Å². The van der Waals surface area contributed by atoms with Crippen LogP contribution in [0.3, 0.4) is 0 Å². The zero-order valence-corrected chi connectivity index (χ0v) is 19.2. The number of amides is 1. The summed E-state index contributed by atoms with van der Waals surface area (Å²) in [5.41, 5.74) is 2.52. The zero-order chi connectivity index (χ0) is 22.2. The van der Waals surface area contributed by atoms with E-state index >= 15 is 0 Å². The number of rotatable bonds is 5. The molecule has 0 spiro atoms. The molecular formula is C21H24N4O4S2. The standard InChI is InChI=1S/C21H24N4O4S2/c1-14-6-8-18(9-7-14)24(3)21(26)16-5-4-10-25(12-16)31(27,28)19-11-17(13-30-19)20-22-15(2)29-23-20/h6-9,11,13,16H,4-5,10,12H2,1-3H3/t16-/m0/s1. The molecule has 3 heterocycles. The molecule has 31 heavy (non-hydrogen) atoms. The van der Waals surface area contributed by atoms with Gasteiger partial charge in [-0.15, -0.1) is 11.3 Å². The fourth-order valence-corrected chi connectivity index (χ4v) is 6.48. The van der Waals surface area contributed by atoms with E-state index in [-0.39, 0.29) is 22.6 Å². The number of sulfonamides is 1. The maximum atomic E-state index is 13.2. The monoisotopic (exact) mass is 460 g/mol. The number of piperidine rings is 1. The van der Waals surface area contributed by atoms with Gasteiger partial charge in [0.25, 0.3) is 10.0 Å². The summed E-state index contributed by atoms with van der Waals surface area (Å²) in [5, 5.41) is 5.55. The molecule has 1 atom stereocenters. The quantitative estimate of drug-likeness (QED) is 0.578. The lowest BCUT2D eigenvalue weighted by molar-refractivity contribution is -0.123. The van der Waals surface area contributed by atoms with Crippen LogP contribution in [0.2, 0.25) is 0 Å². The van der Waals surface area contributed by atoms with Crippen molar-refractivity contribution in [1.82, 2.24) is 14.4 Å². The van der Waals surface area contributed by atoms with Crippen LogP contribution in [-0.2, 0) is 14.8 Å². The van der Waals surface area contributed by atoms with Crippen LogP contribution in [-0.4, -0.2) is 48.9 Å². The number of aromatic nitrogens is 2. The van der Waals surface area contributed by atoms with Crippen LogP contribution in [0.15, 0.2) is 44.4 Å². The van der Waals surface area contributed by atoms with Crippen LogP contribution < -0.4 is 4.90 Å². The molecule has 1 aliphatic heterocycles. The Labute approximate surface area is 185 Å². The van der Waals surface area contributed by atoms with Crippen molar-refractivity contribution in [2.24, 2.45) is 5.92 Å². The summed E-state index contributed by atoms with van der Waals surface area (Å²) >= 11 is 1.12. The molecule has 1 saturated heterocycles. The number of nitrogens with zero attached hydrogens (tertiary/aromatic N) is 4. The van der Waals surface area contributed by atoms with E-state index in [9.17, 15) is 13.2 Å². The molecule has 0 bridgehead atoms. The summed E-state index contributed by atoms with van der Waals surface area (Å²) in [6, 6.07) is 9.27. The lowest BCUT2D eigenvalue weighted by Crippen LogP contribution is -2.45. The molecule has 0 aliphatic carbocycles. The van der Waals surface area contributed by atoms with Crippen molar-refractivity contribution in [1.29, 1.82) is 0 Å². The van der Waals surface area contributed by atoms with Gasteiger partial charge in [-0.2, -0.15) is 9.29 Å². The Balaban J connectivity index is 1.50. The van der Waals surface area contributed by atoms with Crippen molar-refractivity contribution in [2.75, 3.05) is 25.0 Å². The summed E-state index contributed by atoms with van der Waals surface area (Å²) in [5.74, 6) is 0.328. The molecule has 3 aromatic rings. The highest BCUT2D eigenvalue weighted by atomic mass is 32.2. The number of anilines is 1. The number of aryl methyl sites for hydroxylation is 2. The zero-order valence-electron chi connectivity index (χ0n) is 17.6. The van der Waals surface area contributed by atoms with E-state index in [0.717, 1.165) is 22.6 Å². The molecule has 2 aromatic heterocycles. The van der Waals surface area contributed by atoms with Crippen LogP contribution in [0.25, 0.3) is 11.4 Å². The van der Waals surface area contributed by atoms with Crippen molar-refractivity contribution in [2.45, 2.75) is 30.9 Å². The van der Waals surface area contributed by atoms with E-state index in [1.807, 2.05) is 31.2 Å². The maximum absolute atomic E-state index is 13.2. The predicted molar refractivity (Wildman–Crippen MR) is 118 cm³/mol. The number of hydrogen-bond donors (Lipinski definition) is 0. The van der Waals surface area contributed by atoms with Gasteiger partial charge in [0.05, 0.1) is 5.92 Å². The summed E-state index contributed by atoms with van der Waals surface area (Å²) in [7, 11) is -1.97. The first-order valence-corrected chi connectivity index (χ1v) is 12.3.